The fourth-order valence-corrected chi connectivity index (χ4v) is 4.09. The lowest BCUT2D eigenvalue weighted by molar-refractivity contribution is -0.152. The molecule has 0 aromatic rings. The van der Waals surface area contributed by atoms with Crippen molar-refractivity contribution in [2.75, 3.05) is 0 Å². The Hall–Kier alpha value is -1.41. The van der Waals surface area contributed by atoms with E-state index in [0.29, 0.717) is 0 Å². The molecule has 0 fully saturated rings. The fourth-order valence-electron chi connectivity index (χ4n) is 4.09. The van der Waals surface area contributed by atoms with Crippen LogP contribution in [0.1, 0.15) is 83.1 Å². The normalized spacial score (nSPS) is 17.9. The molecule has 0 radical (unpaired) electrons. The number of hydrogen-bond acceptors (Lipinski definition) is 2. The van der Waals surface area contributed by atoms with E-state index < -0.39 is 17.0 Å². The van der Waals surface area contributed by atoms with E-state index in [-0.39, 0.29) is 22.0 Å². The van der Waals surface area contributed by atoms with Crippen LogP contribution in [0.4, 0.5) is 0 Å². The Morgan fingerprint density at radius 1 is 0.840 bits per heavy atom. The highest BCUT2D eigenvalue weighted by Crippen LogP contribution is 2.73. The van der Waals surface area contributed by atoms with Gasteiger partial charge in [-0.05, 0) is 48.2 Å². The predicted octanol–water partition coefficient (Wildman–Crippen LogP) is 5.43. The van der Waals surface area contributed by atoms with Gasteiger partial charge in [-0.3, -0.25) is 0 Å². The highest BCUT2D eigenvalue weighted by atomic mass is 16.6. The molecule has 1 aliphatic carbocycles. The lowest BCUT2D eigenvalue weighted by Crippen LogP contribution is -2.45. The number of nitrogens with zero attached hydrogens (tertiary/aromatic N) is 2. The van der Waals surface area contributed by atoms with E-state index in [1.165, 1.54) is 11.1 Å². The zero-order chi connectivity index (χ0) is 20.2. The Bertz CT molecular complexity index is 626. The number of esters is 1. The number of hydrogen-bond donors (Lipinski definition) is 0. The second-order valence-corrected chi connectivity index (χ2v) is 11.2. The molecular weight excluding hydrogens is 312 g/mol. The van der Waals surface area contributed by atoms with Crippen molar-refractivity contribution >= 4 is 11.7 Å². The highest BCUT2D eigenvalue weighted by Gasteiger charge is 2.74. The van der Waals surface area contributed by atoms with Crippen LogP contribution in [0.15, 0.2) is 11.1 Å². The molecule has 0 unspecified atom stereocenters. The van der Waals surface area contributed by atoms with Gasteiger partial charge in [0.25, 0.3) is 0 Å². The maximum absolute atomic E-state index is 12.9. The zero-order valence-corrected chi connectivity index (χ0v) is 18.2. The minimum absolute atomic E-state index is 0.102. The summed E-state index contributed by atoms with van der Waals surface area (Å²) >= 11 is 0. The molecular formula is C21H36N2O2. The minimum atomic E-state index is -0.694. The van der Waals surface area contributed by atoms with Crippen LogP contribution < -0.4 is 0 Å². The van der Waals surface area contributed by atoms with E-state index in [1.54, 1.807) is 0 Å². The molecule has 0 bridgehead atoms. The van der Waals surface area contributed by atoms with Crippen molar-refractivity contribution in [2.45, 2.75) is 88.7 Å². The van der Waals surface area contributed by atoms with Crippen molar-refractivity contribution in [2.24, 2.45) is 21.7 Å². The van der Waals surface area contributed by atoms with Gasteiger partial charge in [-0.25, -0.2) is 4.79 Å². The predicted molar refractivity (Wildman–Crippen MR) is 102 cm³/mol. The first-order chi connectivity index (χ1) is 10.8. The summed E-state index contributed by atoms with van der Waals surface area (Å²) in [5.41, 5.74) is 10.4. The Morgan fingerprint density at radius 3 is 1.40 bits per heavy atom. The number of carbonyl (C=O) groups excluding carboxylic acids is 1. The van der Waals surface area contributed by atoms with Crippen LogP contribution in [0.5, 0.6) is 0 Å². The summed E-state index contributed by atoms with van der Waals surface area (Å²) in [5, 5.41) is 0. The maximum atomic E-state index is 12.9. The molecule has 0 saturated heterocycles. The van der Waals surface area contributed by atoms with Gasteiger partial charge in [-0.1, -0.05) is 62.3 Å². The van der Waals surface area contributed by atoms with Crippen molar-refractivity contribution < 1.29 is 14.3 Å². The van der Waals surface area contributed by atoms with Crippen molar-refractivity contribution in [3.05, 3.63) is 16.7 Å². The van der Waals surface area contributed by atoms with Crippen molar-refractivity contribution in [3.8, 4) is 0 Å². The largest absolute Gasteiger partial charge is 0.451 e. The van der Waals surface area contributed by atoms with Crippen molar-refractivity contribution in [1.29, 1.82) is 0 Å². The highest BCUT2D eigenvalue weighted by molar-refractivity contribution is 6.39. The maximum Gasteiger partial charge on any atom is 0.418 e. The average molecular weight is 349 g/mol. The molecule has 0 amide bonds. The molecule has 0 saturated carbocycles. The molecule has 1 rings (SSSR count). The van der Waals surface area contributed by atoms with Gasteiger partial charge in [-0.15, -0.1) is 0 Å². The third-order valence-electron chi connectivity index (χ3n) is 4.61. The molecule has 1 aliphatic rings. The van der Waals surface area contributed by atoms with E-state index in [1.807, 2.05) is 20.8 Å². The fraction of sp³-hybridized carbons (Fsp3) is 0.810. The van der Waals surface area contributed by atoms with E-state index in [4.69, 9.17) is 4.74 Å². The first-order valence-corrected chi connectivity index (χ1v) is 9.04. The summed E-state index contributed by atoms with van der Waals surface area (Å²) in [6.45, 7) is 24.6. The van der Waals surface area contributed by atoms with E-state index in [9.17, 15) is 10.3 Å². The van der Waals surface area contributed by atoms with Crippen molar-refractivity contribution in [3.63, 3.8) is 0 Å². The number of carbonyl (C=O) groups is 1. The van der Waals surface area contributed by atoms with Crippen LogP contribution in [-0.2, 0) is 9.53 Å². The Balaban J connectivity index is 3.67. The first kappa shape index (κ1) is 21.6. The van der Waals surface area contributed by atoms with Gasteiger partial charge in [0, 0.05) is 0 Å². The third kappa shape index (κ3) is 3.74. The number of ether oxygens (including phenoxy) is 1. The van der Waals surface area contributed by atoms with Gasteiger partial charge >= 0.3 is 11.7 Å². The van der Waals surface area contributed by atoms with E-state index in [0.717, 1.165) is 0 Å². The molecule has 4 heteroatoms. The topological polar surface area (TPSA) is 62.7 Å². The molecule has 0 N–H and O–H groups in total. The minimum Gasteiger partial charge on any atom is -0.451 e. The summed E-state index contributed by atoms with van der Waals surface area (Å²) in [5.74, 6) is -0.550. The average Bonchev–Trinajstić information content (AvgIpc) is 2.97. The number of allylic oxidation sites excluding steroid dienone is 2. The molecule has 0 heterocycles. The summed E-state index contributed by atoms with van der Waals surface area (Å²) in [6.07, 6.45) is 0. The van der Waals surface area contributed by atoms with Crippen LogP contribution >= 0.6 is 0 Å². The summed E-state index contributed by atoms with van der Waals surface area (Å²) in [4.78, 5) is 16.4. The zero-order valence-electron chi connectivity index (χ0n) is 18.2. The SMILES string of the molecule is CC(C)(C)OC(=O)C(=[N+]=[N-])C1(C(C)(C)C)C(C(C)(C)C)=C1C(C)(C)C. The Morgan fingerprint density at radius 2 is 1.20 bits per heavy atom. The van der Waals surface area contributed by atoms with Gasteiger partial charge in [0.15, 0.2) is 0 Å². The van der Waals surface area contributed by atoms with Gasteiger partial charge < -0.3 is 10.3 Å². The monoisotopic (exact) mass is 348 g/mol. The molecule has 0 aromatic carbocycles. The Labute approximate surface area is 153 Å². The van der Waals surface area contributed by atoms with Crippen LogP contribution in [0.25, 0.3) is 5.53 Å². The van der Waals surface area contributed by atoms with E-state index in [2.05, 4.69) is 67.1 Å². The van der Waals surface area contributed by atoms with Crippen molar-refractivity contribution in [1.82, 2.24) is 0 Å². The first-order valence-electron chi connectivity index (χ1n) is 9.04. The van der Waals surface area contributed by atoms with Gasteiger partial charge in [0.2, 0.25) is 0 Å². The molecule has 0 spiro atoms. The standard InChI is InChI=1S/C21H36N2O2/c1-17(2,3)13-14(18(4,5)6)21(13,19(7,8)9)15(23-22)16(24)25-20(10,11)12/h1-12H3. The third-order valence-corrected chi connectivity index (χ3v) is 4.61. The lowest BCUT2D eigenvalue weighted by atomic mass is 9.64. The van der Waals surface area contributed by atoms with Gasteiger partial charge in [0.05, 0.1) is 0 Å². The van der Waals surface area contributed by atoms with Gasteiger partial charge in [-0.2, -0.15) is 4.79 Å². The summed E-state index contributed by atoms with van der Waals surface area (Å²) < 4.78 is 5.58. The van der Waals surface area contributed by atoms with Gasteiger partial charge in [0.1, 0.15) is 11.0 Å². The quantitative estimate of drug-likeness (QED) is 0.219. The molecule has 0 aliphatic heterocycles. The van der Waals surface area contributed by atoms with E-state index >= 15 is 0 Å². The second kappa shape index (κ2) is 5.81. The molecule has 0 aromatic heterocycles. The summed E-state index contributed by atoms with van der Waals surface area (Å²) in [7, 11) is 0. The van der Waals surface area contributed by atoms with Crippen LogP contribution in [0, 0.1) is 21.7 Å². The van der Waals surface area contributed by atoms with Crippen LogP contribution in [-0.4, -0.2) is 22.1 Å². The van der Waals surface area contributed by atoms with Crippen LogP contribution in [0.3, 0.4) is 0 Å². The molecule has 4 nitrogen and oxygen atoms in total. The van der Waals surface area contributed by atoms with Crippen LogP contribution in [0.2, 0.25) is 0 Å². The molecule has 142 valence electrons. The summed E-state index contributed by atoms with van der Waals surface area (Å²) in [6, 6.07) is 0. The number of rotatable bonds is 2. The Kier molecular flexibility index (Phi) is 5.02. The molecule has 0 atom stereocenters. The lowest BCUT2D eigenvalue weighted by Gasteiger charge is -2.35. The smallest absolute Gasteiger partial charge is 0.418 e. The molecule has 25 heavy (non-hydrogen) atoms. The second-order valence-electron chi connectivity index (χ2n) is 11.2.